The largest absolute Gasteiger partial charge is 0.458 e. The smallest absolute Gasteiger partial charge is 0.402 e. The fraction of sp³-hybridized carbons (Fsp3) is 0.812. The zero-order valence-corrected chi connectivity index (χ0v) is 22.3. The van der Waals surface area contributed by atoms with E-state index in [0.717, 1.165) is 4.90 Å². The summed E-state index contributed by atoms with van der Waals surface area (Å²) in [6.45, 7) is -5.88. The van der Waals surface area contributed by atoms with Crippen LogP contribution in [0.25, 0.3) is 0 Å². The van der Waals surface area contributed by atoms with Crippen LogP contribution in [0.15, 0.2) is 0 Å². The Morgan fingerprint density at radius 2 is 0.900 bits per heavy atom. The van der Waals surface area contributed by atoms with Gasteiger partial charge in [0.15, 0.2) is 13.2 Å². The highest BCUT2D eigenvalue weighted by molar-refractivity contribution is 7.87. The lowest BCUT2D eigenvalue weighted by Crippen LogP contribution is -2.36. The summed E-state index contributed by atoms with van der Waals surface area (Å²) in [4.78, 5) is 36.2. The molecule has 40 heavy (non-hydrogen) atoms. The molecular weight excluding hydrogens is 640 g/mol. The standard InChI is InChI=1S/C16H23F6NO14S3/c17-14(18,38(27,28)29)5-1-11(24)2-6-23(7-3-12(25)36-9-15(19,20)39(30,31)32)8-4-13(26)37-10-16(21,22)40(33,34)35/h1-10H2,(H,27,28,29)(H,30,31,32)(H,33,34,35). The van der Waals surface area contributed by atoms with Gasteiger partial charge in [0, 0.05) is 38.9 Å². The van der Waals surface area contributed by atoms with E-state index in [2.05, 4.69) is 9.47 Å². The van der Waals surface area contributed by atoms with Crippen LogP contribution in [0.2, 0.25) is 0 Å². The van der Waals surface area contributed by atoms with Crippen molar-refractivity contribution in [2.24, 2.45) is 0 Å². The SMILES string of the molecule is O=C(CCN(CCC(=O)OCC(F)(F)S(=O)(=O)O)CCC(=O)OCC(F)(F)S(=O)(=O)O)CCC(F)(F)S(=O)(=O)O. The summed E-state index contributed by atoms with van der Waals surface area (Å²) >= 11 is 0. The summed E-state index contributed by atoms with van der Waals surface area (Å²) in [5.74, 6) is -4.02. The van der Waals surface area contributed by atoms with Gasteiger partial charge >= 0.3 is 58.1 Å². The highest BCUT2D eigenvalue weighted by atomic mass is 32.2. The minimum atomic E-state index is -5.94. The number of ether oxygens (including phenoxy) is 2. The van der Waals surface area contributed by atoms with E-state index in [0.29, 0.717) is 0 Å². The number of carbonyl (C=O) groups excluding carboxylic acids is 3. The maximum Gasteiger partial charge on any atom is 0.402 e. The van der Waals surface area contributed by atoms with Crippen molar-refractivity contribution in [2.45, 2.75) is 47.9 Å². The van der Waals surface area contributed by atoms with Crippen molar-refractivity contribution >= 4 is 48.1 Å². The molecule has 0 aliphatic carbocycles. The summed E-state index contributed by atoms with van der Waals surface area (Å²) < 4.78 is 175. The van der Waals surface area contributed by atoms with E-state index >= 15 is 0 Å². The molecule has 0 saturated heterocycles. The Labute approximate surface area is 223 Å². The average molecular weight is 664 g/mol. The van der Waals surface area contributed by atoms with Crippen LogP contribution in [0.1, 0.15) is 32.1 Å². The third kappa shape index (κ3) is 13.0. The van der Waals surface area contributed by atoms with E-state index in [-0.39, 0.29) is 0 Å². The fourth-order valence-corrected chi connectivity index (χ4v) is 3.05. The molecule has 0 bridgehead atoms. The molecule has 3 N–H and O–H groups in total. The lowest BCUT2D eigenvalue weighted by molar-refractivity contribution is -0.150. The molecule has 0 saturated carbocycles. The van der Waals surface area contributed by atoms with Gasteiger partial charge in [0.2, 0.25) is 0 Å². The number of halogens is 6. The van der Waals surface area contributed by atoms with Crippen LogP contribution in [-0.2, 0) is 54.2 Å². The van der Waals surface area contributed by atoms with Gasteiger partial charge in [0.25, 0.3) is 0 Å². The molecule has 0 aromatic heterocycles. The molecule has 24 heteroatoms. The number of hydrogen-bond acceptors (Lipinski definition) is 12. The van der Waals surface area contributed by atoms with Gasteiger partial charge in [-0.3, -0.25) is 28.0 Å². The first-order valence-corrected chi connectivity index (χ1v) is 14.6. The van der Waals surface area contributed by atoms with Crippen molar-refractivity contribution < 1.29 is 89.1 Å². The number of hydrogen-bond donors (Lipinski definition) is 3. The van der Waals surface area contributed by atoms with Gasteiger partial charge in [-0.1, -0.05) is 0 Å². The van der Waals surface area contributed by atoms with Gasteiger partial charge in [-0.15, -0.1) is 0 Å². The van der Waals surface area contributed by atoms with Crippen molar-refractivity contribution in [2.75, 3.05) is 32.8 Å². The number of Topliss-reactive ketones (excluding diaryl/α,β-unsaturated/α-hetero) is 1. The molecule has 0 aliphatic heterocycles. The van der Waals surface area contributed by atoms with Crippen molar-refractivity contribution in [1.29, 1.82) is 0 Å². The molecule has 236 valence electrons. The lowest BCUT2D eigenvalue weighted by Gasteiger charge is -2.22. The van der Waals surface area contributed by atoms with Crippen molar-refractivity contribution in [1.82, 2.24) is 4.90 Å². The first kappa shape index (κ1) is 37.9. The average Bonchev–Trinajstić information content (AvgIpc) is 2.77. The minimum absolute atomic E-state index is 0.515. The Kier molecular flexibility index (Phi) is 13.4. The highest BCUT2D eigenvalue weighted by Crippen LogP contribution is 2.26. The van der Waals surface area contributed by atoms with E-state index in [4.69, 9.17) is 13.7 Å². The fourth-order valence-electron chi connectivity index (χ4n) is 2.28. The molecule has 0 aromatic rings. The third-order valence-corrected chi connectivity index (χ3v) is 7.30. The van der Waals surface area contributed by atoms with E-state index in [1.165, 1.54) is 0 Å². The molecule has 0 rings (SSSR count). The molecule has 0 atom stereocenters. The molecule has 0 aliphatic rings. The summed E-state index contributed by atoms with van der Waals surface area (Å²) in [6.07, 6.45) is -5.08. The zero-order chi connectivity index (χ0) is 31.8. The maximum absolute atomic E-state index is 13.3. The van der Waals surface area contributed by atoms with Crippen LogP contribution < -0.4 is 0 Å². The first-order chi connectivity index (χ1) is 17.7. The second-order valence-corrected chi connectivity index (χ2v) is 12.4. The Morgan fingerprint density at radius 3 is 1.23 bits per heavy atom. The van der Waals surface area contributed by atoms with Crippen LogP contribution in [0.3, 0.4) is 0 Å². The number of rotatable bonds is 19. The topological polar surface area (TPSA) is 236 Å². The summed E-state index contributed by atoms with van der Waals surface area (Å²) in [6, 6.07) is 0. The Hall–Kier alpha value is -2.12. The summed E-state index contributed by atoms with van der Waals surface area (Å²) in [5.41, 5.74) is 0. The molecule has 0 unspecified atom stereocenters. The maximum atomic E-state index is 13.3. The van der Waals surface area contributed by atoms with Crippen molar-refractivity contribution in [3.05, 3.63) is 0 Å². The summed E-state index contributed by atoms with van der Waals surface area (Å²) in [7, 11) is -17.7. The Balaban J connectivity index is 5.19. The molecule has 0 fully saturated rings. The molecule has 0 amide bonds. The monoisotopic (exact) mass is 663 g/mol. The Morgan fingerprint density at radius 1 is 0.575 bits per heavy atom. The number of esters is 2. The molecular formula is C16H23F6NO14S3. The minimum Gasteiger partial charge on any atom is -0.458 e. The lowest BCUT2D eigenvalue weighted by atomic mass is 10.1. The number of carbonyl (C=O) groups is 3. The second kappa shape index (κ2) is 14.2. The predicted molar refractivity (Wildman–Crippen MR) is 116 cm³/mol. The summed E-state index contributed by atoms with van der Waals surface area (Å²) in [5, 5.41) is -14.4. The van der Waals surface area contributed by atoms with E-state index in [1.54, 1.807) is 0 Å². The van der Waals surface area contributed by atoms with Gasteiger partial charge in [-0.05, 0) is 0 Å². The van der Waals surface area contributed by atoms with Crippen LogP contribution in [-0.4, -0.2) is 110 Å². The quantitative estimate of drug-likeness (QED) is 0.0960. The Bertz CT molecular complexity index is 1090. The van der Waals surface area contributed by atoms with E-state index < -0.39 is 129 Å². The molecule has 0 spiro atoms. The van der Waals surface area contributed by atoms with Crippen LogP contribution in [0.5, 0.6) is 0 Å². The molecule has 0 aromatic carbocycles. The van der Waals surface area contributed by atoms with E-state index in [1.807, 2.05) is 0 Å². The number of ketones is 1. The van der Waals surface area contributed by atoms with Gasteiger partial charge in [0.05, 0.1) is 12.8 Å². The normalized spacial score (nSPS) is 13.8. The number of alkyl halides is 6. The van der Waals surface area contributed by atoms with Gasteiger partial charge in [0.1, 0.15) is 5.78 Å². The van der Waals surface area contributed by atoms with Crippen LogP contribution in [0, 0.1) is 0 Å². The molecule has 15 nitrogen and oxygen atoms in total. The van der Waals surface area contributed by atoms with Crippen molar-refractivity contribution in [3.63, 3.8) is 0 Å². The number of nitrogens with zero attached hydrogens (tertiary/aromatic N) is 1. The van der Waals surface area contributed by atoms with Crippen molar-refractivity contribution in [3.8, 4) is 0 Å². The first-order valence-electron chi connectivity index (χ1n) is 10.3. The van der Waals surface area contributed by atoms with Gasteiger partial charge in [-0.2, -0.15) is 51.6 Å². The third-order valence-electron chi connectivity index (χ3n) is 4.60. The predicted octanol–water partition coefficient (Wildman–Crippen LogP) is 0.336. The molecule has 0 radical (unpaired) electrons. The van der Waals surface area contributed by atoms with Crippen LogP contribution in [0.4, 0.5) is 26.3 Å². The van der Waals surface area contributed by atoms with Gasteiger partial charge in [-0.25, -0.2) is 0 Å². The van der Waals surface area contributed by atoms with Gasteiger partial charge < -0.3 is 14.4 Å². The highest BCUT2D eigenvalue weighted by Gasteiger charge is 2.46. The zero-order valence-electron chi connectivity index (χ0n) is 19.8. The second-order valence-electron chi connectivity index (χ2n) is 7.79. The molecule has 0 heterocycles. The van der Waals surface area contributed by atoms with E-state index in [9.17, 15) is 66.0 Å². The van der Waals surface area contributed by atoms with Crippen LogP contribution >= 0.6 is 0 Å².